The van der Waals surface area contributed by atoms with Gasteiger partial charge >= 0.3 is 0 Å². The highest BCUT2D eigenvalue weighted by molar-refractivity contribution is 7.89. The molecule has 5 nitrogen and oxygen atoms in total. The van der Waals surface area contributed by atoms with Gasteiger partial charge in [-0.3, -0.25) is 0 Å². The fourth-order valence-corrected chi connectivity index (χ4v) is 3.05. The maximum atomic E-state index is 11.8. The van der Waals surface area contributed by atoms with Crippen LogP contribution in [0.4, 0.5) is 0 Å². The van der Waals surface area contributed by atoms with E-state index in [0.717, 1.165) is 5.56 Å². The quantitative estimate of drug-likeness (QED) is 0.830. The summed E-state index contributed by atoms with van der Waals surface area (Å²) in [7, 11) is -1.84. The second-order valence-electron chi connectivity index (χ2n) is 3.58. The van der Waals surface area contributed by atoms with Crippen LogP contribution in [-0.2, 0) is 16.6 Å². The molecule has 0 radical (unpaired) electrons. The second kappa shape index (κ2) is 4.04. The molecule has 88 valence electrons. The average Bonchev–Trinajstić information content (AvgIpc) is 2.27. The van der Waals surface area contributed by atoms with Crippen LogP contribution in [0, 0.1) is 0 Å². The lowest BCUT2D eigenvalue weighted by atomic mass is 10.2. The molecular formula is C10H14N2O3S. The van der Waals surface area contributed by atoms with Crippen LogP contribution in [0.2, 0.25) is 0 Å². The normalized spacial score (nSPS) is 19.1. The molecule has 0 saturated heterocycles. The van der Waals surface area contributed by atoms with Crippen LogP contribution in [0.1, 0.15) is 12.5 Å². The van der Waals surface area contributed by atoms with Gasteiger partial charge in [-0.05, 0) is 23.8 Å². The molecule has 0 fully saturated rings. The van der Waals surface area contributed by atoms with Gasteiger partial charge in [-0.25, -0.2) is 13.4 Å². The molecule has 0 saturated carbocycles. The van der Waals surface area contributed by atoms with Crippen LogP contribution in [0.15, 0.2) is 23.1 Å². The summed E-state index contributed by atoms with van der Waals surface area (Å²) >= 11 is 0. The Morgan fingerprint density at radius 3 is 2.88 bits per heavy atom. The van der Waals surface area contributed by atoms with Gasteiger partial charge in [0, 0.05) is 13.1 Å². The summed E-state index contributed by atoms with van der Waals surface area (Å²) < 4.78 is 28.8. The van der Waals surface area contributed by atoms with Crippen molar-refractivity contribution in [2.45, 2.75) is 18.4 Å². The number of methoxy groups -OCH3 is 1. The zero-order chi connectivity index (χ0) is 11.8. The molecule has 6 heteroatoms. The third-order valence-electron chi connectivity index (χ3n) is 2.55. The van der Waals surface area contributed by atoms with Gasteiger partial charge in [0.05, 0.1) is 12.0 Å². The molecule has 0 unspecified atom stereocenters. The molecule has 0 amide bonds. The molecule has 1 aliphatic rings. The van der Waals surface area contributed by atoms with Gasteiger partial charge in [-0.15, -0.1) is 4.83 Å². The number of hydrogen-bond acceptors (Lipinski definition) is 4. The first-order valence-electron chi connectivity index (χ1n) is 5.01. The molecule has 2 rings (SSSR count). The second-order valence-corrected chi connectivity index (χ2v) is 5.21. The summed E-state index contributed by atoms with van der Waals surface area (Å²) in [6.07, 6.45) is 0. The fourth-order valence-electron chi connectivity index (χ4n) is 1.70. The van der Waals surface area contributed by atoms with Crippen molar-refractivity contribution in [2.75, 3.05) is 13.7 Å². The summed E-state index contributed by atoms with van der Waals surface area (Å²) in [6, 6.07) is 4.99. The number of rotatable bonds is 2. The Labute approximate surface area is 95.0 Å². The van der Waals surface area contributed by atoms with Crippen LogP contribution in [-0.4, -0.2) is 27.1 Å². The topological polar surface area (TPSA) is 58.6 Å². The minimum atomic E-state index is -3.41. The summed E-state index contributed by atoms with van der Waals surface area (Å²) in [6.45, 7) is 3.08. The van der Waals surface area contributed by atoms with Gasteiger partial charge < -0.3 is 4.74 Å². The van der Waals surface area contributed by atoms with Crippen molar-refractivity contribution in [2.24, 2.45) is 0 Å². The average molecular weight is 242 g/mol. The zero-order valence-corrected chi connectivity index (χ0v) is 10.0. The van der Waals surface area contributed by atoms with E-state index in [1.807, 2.05) is 6.92 Å². The Bertz CT molecular complexity index is 499. The first kappa shape index (κ1) is 11.4. The van der Waals surface area contributed by atoms with Crippen LogP contribution < -0.4 is 9.57 Å². The van der Waals surface area contributed by atoms with E-state index in [1.165, 1.54) is 0 Å². The van der Waals surface area contributed by atoms with Crippen molar-refractivity contribution in [1.29, 1.82) is 0 Å². The summed E-state index contributed by atoms with van der Waals surface area (Å²) in [5.41, 5.74) is 0.764. The molecule has 16 heavy (non-hydrogen) atoms. The maximum Gasteiger partial charge on any atom is 0.253 e. The monoisotopic (exact) mass is 242 g/mol. The van der Waals surface area contributed by atoms with Crippen LogP contribution in [0.25, 0.3) is 0 Å². The minimum absolute atomic E-state index is 0.331. The summed E-state index contributed by atoms with van der Waals surface area (Å²) in [5.74, 6) is 0.673. The molecule has 0 atom stereocenters. The van der Waals surface area contributed by atoms with E-state index >= 15 is 0 Å². The summed E-state index contributed by atoms with van der Waals surface area (Å²) in [4.78, 5) is 2.83. The van der Waals surface area contributed by atoms with Crippen LogP contribution >= 0.6 is 0 Å². The van der Waals surface area contributed by atoms with Gasteiger partial charge in [0.15, 0.2) is 0 Å². The predicted octanol–water partition coefficient (Wildman–Crippen LogP) is 0.724. The number of benzene rings is 1. The van der Waals surface area contributed by atoms with E-state index in [4.69, 9.17) is 4.74 Å². The molecule has 1 aliphatic heterocycles. The van der Waals surface area contributed by atoms with E-state index in [9.17, 15) is 8.42 Å². The number of ether oxygens (including phenoxy) is 1. The summed E-state index contributed by atoms with van der Waals surface area (Å²) in [5, 5.41) is 1.65. The molecule has 0 bridgehead atoms. The number of sulfonamides is 1. The highest BCUT2D eigenvalue weighted by atomic mass is 32.2. The van der Waals surface area contributed by atoms with Gasteiger partial charge in [0.2, 0.25) is 0 Å². The Morgan fingerprint density at radius 2 is 2.25 bits per heavy atom. The first-order valence-corrected chi connectivity index (χ1v) is 6.49. The van der Waals surface area contributed by atoms with Crippen molar-refractivity contribution in [1.82, 2.24) is 9.84 Å². The molecule has 1 N–H and O–H groups in total. The van der Waals surface area contributed by atoms with Gasteiger partial charge in [0.1, 0.15) is 5.75 Å². The standard InChI is InChI=1S/C10H14N2O3S/c1-3-12-7-8-6-9(15-2)4-5-10(8)16(13,14)11-12/h4-6,11H,3,7H2,1-2H3. The Morgan fingerprint density at radius 1 is 1.50 bits per heavy atom. The van der Waals surface area contributed by atoms with Crippen LogP contribution in [0.3, 0.4) is 0 Å². The highest BCUT2D eigenvalue weighted by Crippen LogP contribution is 2.26. The Kier molecular flexibility index (Phi) is 2.88. The molecular weight excluding hydrogens is 228 g/mol. The van der Waals surface area contributed by atoms with Gasteiger partial charge in [-0.2, -0.15) is 0 Å². The molecule has 1 heterocycles. The van der Waals surface area contributed by atoms with E-state index < -0.39 is 10.0 Å². The molecule has 1 aromatic carbocycles. The Hall–Kier alpha value is -1.11. The number of nitrogens with zero attached hydrogens (tertiary/aromatic N) is 1. The Balaban J connectivity index is 2.51. The SMILES string of the molecule is CCN1Cc2cc(OC)ccc2S(=O)(=O)N1. The lowest BCUT2D eigenvalue weighted by Crippen LogP contribution is -2.45. The first-order chi connectivity index (χ1) is 7.56. The van der Waals surface area contributed by atoms with E-state index in [0.29, 0.717) is 23.7 Å². The molecule has 0 aliphatic carbocycles. The zero-order valence-electron chi connectivity index (χ0n) is 9.23. The van der Waals surface area contributed by atoms with Crippen molar-refractivity contribution in [3.8, 4) is 5.75 Å². The molecule has 1 aromatic rings. The largest absolute Gasteiger partial charge is 0.497 e. The smallest absolute Gasteiger partial charge is 0.253 e. The number of fused-ring (bicyclic) bond motifs is 1. The molecule has 0 spiro atoms. The van der Waals surface area contributed by atoms with Crippen molar-refractivity contribution in [3.05, 3.63) is 23.8 Å². The maximum absolute atomic E-state index is 11.8. The van der Waals surface area contributed by atoms with Crippen LogP contribution in [0.5, 0.6) is 5.75 Å². The number of hydrazine groups is 1. The van der Waals surface area contributed by atoms with Gasteiger partial charge in [0.25, 0.3) is 10.0 Å². The third-order valence-corrected chi connectivity index (χ3v) is 4.03. The number of hydrogen-bond donors (Lipinski definition) is 1. The fraction of sp³-hybridized carbons (Fsp3) is 0.400. The van der Waals surface area contributed by atoms with Crippen molar-refractivity contribution < 1.29 is 13.2 Å². The highest BCUT2D eigenvalue weighted by Gasteiger charge is 2.27. The number of nitrogens with one attached hydrogen (secondary N) is 1. The van der Waals surface area contributed by atoms with Gasteiger partial charge in [-0.1, -0.05) is 6.92 Å². The minimum Gasteiger partial charge on any atom is -0.497 e. The lowest BCUT2D eigenvalue weighted by Gasteiger charge is -2.28. The van der Waals surface area contributed by atoms with E-state index in [-0.39, 0.29) is 0 Å². The van der Waals surface area contributed by atoms with E-state index in [2.05, 4.69) is 4.83 Å². The van der Waals surface area contributed by atoms with E-state index in [1.54, 1.807) is 30.3 Å². The molecule has 0 aromatic heterocycles. The lowest BCUT2D eigenvalue weighted by molar-refractivity contribution is 0.233. The third kappa shape index (κ3) is 1.91. The van der Waals surface area contributed by atoms with Crippen molar-refractivity contribution in [3.63, 3.8) is 0 Å². The predicted molar refractivity (Wildman–Crippen MR) is 59.4 cm³/mol. The van der Waals surface area contributed by atoms with Crippen molar-refractivity contribution >= 4 is 10.0 Å².